The van der Waals surface area contributed by atoms with E-state index in [4.69, 9.17) is 11.6 Å². The summed E-state index contributed by atoms with van der Waals surface area (Å²) in [5.41, 5.74) is 2.10. The van der Waals surface area contributed by atoms with Crippen LogP contribution in [0.25, 0.3) is 0 Å². The summed E-state index contributed by atoms with van der Waals surface area (Å²) in [7, 11) is -1.19. The molecule has 0 bridgehead atoms. The number of amides is 2. The molecule has 2 aromatic carbocycles. The minimum absolute atomic E-state index is 0.0416. The van der Waals surface area contributed by atoms with E-state index >= 15 is 0 Å². The summed E-state index contributed by atoms with van der Waals surface area (Å²) < 4.78 is 28.8. The predicted molar refractivity (Wildman–Crippen MR) is 145 cm³/mol. The Morgan fingerprint density at radius 1 is 1.06 bits per heavy atom. The summed E-state index contributed by atoms with van der Waals surface area (Å²) in [5, 5.41) is 3.35. The quantitative estimate of drug-likeness (QED) is 0.526. The average molecular weight is 537 g/mol. The number of carbonyl (C=O) groups excluding carboxylic acids is 2. The number of halogens is 1. The van der Waals surface area contributed by atoms with Crippen molar-refractivity contribution in [2.45, 2.75) is 59.7 Å². The minimum Gasteiger partial charge on any atom is -0.350 e. The molecular weight excluding hydrogens is 500 g/mol. The second-order valence-electron chi connectivity index (χ2n) is 10.1. The molecule has 0 radical (unpaired) electrons. The van der Waals surface area contributed by atoms with Crippen LogP contribution >= 0.6 is 11.6 Å². The van der Waals surface area contributed by atoms with Crippen molar-refractivity contribution in [1.29, 1.82) is 0 Å². The number of nitrogens with zero attached hydrogens (tertiary/aromatic N) is 3. The average Bonchev–Trinajstić information content (AvgIpc) is 2.76. The number of aryl methyl sites for hydroxylation is 2. The van der Waals surface area contributed by atoms with E-state index in [0.717, 1.165) is 14.2 Å². The number of carbonyl (C=O) groups is 2. The van der Waals surface area contributed by atoms with Gasteiger partial charge >= 0.3 is 10.2 Å². The topological polar surface area (TPSA) is 90.0 Å². The Hall–Kier alpha value is -2.62. The minimum atomic E-state index is -4.02. The molecule has 2 rings (SSSR count). The van der Waals surface area contributed by atoms with Gasteiger partial charge < -0.3 is 10.2 Å². The van der Waals surface area contributed by atoms with Crippen molar-refractivity contribution in [3.05, 3.63) is 64.2 Å². The Morgan fingerprint density at radius 2 is 1.67 bits per heavy atom. The maximum Gasteiger partial charge on any atom is 0.304 e. The van der Waals surface area contributed by atoms with Crippen LogP contribution < -0.4 is 9.62 Å². The first-order valence-electron chi connectivity index (χ1n) is 11.7. The van der Waals surface area contributed by atoms with Gasteiger partial charge in [-0.3, -0.25) is 9.59 Å². The van der Waals surface area contributed by atoms with Gasteiger partial charge in [0.25, 0.3) is 0 Å². The Morgan fingerprint density at radius 3 is 2.22 bits per heavy atom. The lowest BCUT2D eigenvalue weighted by Crippen LogP contribution is -2.55. The first-order chi connectivity index (χ1) is 16.5. The van der Waals surface area contributed by atoms with E-state index in [1.807, 2.05) is 39.8 Å². The third-order valence-corrected chi connectivity index (χ3v) is 7.79. The molecule has 10 heteroatoms. The van der Waals surface area contributed by atoms with Gasteiger partial charge in [0.15, 0.2) is 0 Å². The van der Waals surface area contributed by atoms with E-state index in [1.54, 1.807) is 44.2 Å². The van der Waals surface area contributed by atoms with Crippen LogP contribution in [0.3, 0.4) is 0 Å². The Balaban J connectivity index is 2.54. The molecule has 0 aliphatic rings. The lowest BCUT2D eigenvalue weighted by Gasteiger charge is -2.34. The normalized spacial score (nSPS) is 12.8. The van der Waals surface area contributed by atoms with Crippen molar-refractivity contribution in [1.82, 2.24) is 14.5 Å². The smallest absolute Gasteiger partial charge is 0.304 e. The molecule has 0 heterocycles. The maximum absolute atomic E-state index is 13.8. The van der Waals surface area contributed by atoms with Crippen LogP contribution in [0, 0.1) is 13.8 Å². The van der Waals surface area contributed by atoms with Crippen LogP contribution in [0.15, 0.2) is 42.5 Å². The van der Waals surface area contributed by atoms with E-state index in [1.165, 1.54) is 19.0 Å². The molecule has 0 saturated heterocycles. The van der Waals surface area contributed by atoms with Crippen LogP contribution in [0.5, 0.6) is 0 Å². The first kappa shape index (κ1) is 29.6. The second kappa shape index (κ2) is 11.6. The number of rotatable bonds is 9. The third-order valence-electron chi connectivity index (χ3n) is 5.62. The fraction of sp³-hybridized carbons (Fsp3) is 0.462. The molecule has 0 aliphatic carbocycles. The second-order valence-corrected chi connectivity index (χ2v) is 12.6. The fourth-order valence-corrected chi connectivity index (χ4v) is 4.87. The standard InChI is InChI=1S/C26H37ClN4O4S/c1-18-13-14-19(2)23(15-18)31(36(34,35)29(7)8)17-24(32)30(16-21-11-9-10-12-22(21)27)20(3)25(33)28-26(4,5)6/h9-15,20H,16-17H2,1-8H3,(H,28,33)/t20-/m0/s1. The summed E-state index contributed by atoms with van der Waals surface area (Å²) in [4.78, 5) is 28.2. The van der Waals surface area contributed by atoms with Gasteiger partial charge in [0.1, 0.15) is 12.6 Å². The van der Waals surface area contributed by atoms with E-state index < -0.39 is 34.2 Å². The molecule has 0 saturated carbocycles. The summed E-state index contributed by atoms with van der Waals surface area (Å²) in [6, 6.07) is 11.6. The van der Waals surface area contributed by atoms with Crippen molar-refractivity contribution < 1.29 is 18.0 Å². The van der Waals surface area contributed by atoms with Gasteiger partial charge in [0, 0.05) is 31.2 Å². The van der Waals surface area contributed by atoms with E-state index in [-0.39, 0.29) is 12.5 Å². The van der Waals surface area contributed by atoms with Crippen LogP contribution in [-0.4, -0.2) is 61.7 Å². The van der Waals surface area contributed by atoms with Crippen molar-refractivity contribution in [3.8, 4) is 0 Å². The molecule has 2 amide bonds. The van der Waals surface area contributed by atoms with Crippen LogP contribution in [0.4, 0.5) is 5.69 Å². The molecule has 198 valence electrons. The molecule has 0 fully saturated rings. The molecule has 0 aliphatic heterocycles. The largest absolute Gasteiger partial charge is 0.350 e. The van der Waals surface area contributed by atoms with Crippen molar-refractivity contribution >= 4 is 39.3 Å². The molecular formula is C26H37ClN4O4S. The van der Waals surface area contributed by atoms with E-state index in [2.05, 4.69) is 5.32 Å². The Kier molecular flexibility index (Phi) is 9.56. The Bertz CT molecular complexity index is 1210. The van der Waals surface area contributed by atoms with Crippen LogP contribution in [0.1, 0.15) is 44.4 Å². The molecule has 36 heavy (non-hydrogen) atoms. The fourth-order valence-electron chi connectivity index (χ4n) is 3.56. The van der Waals surface area contributed by atoms with Gasteiger partial charge in [-0.2, -0.15) is 12.7 Å². The Labute approximate surface area is 220 Å². The first-order valence-corrected chi connectivity index (χ1v) is 13.4. The molecule has 0 aromatic heterocycles. The van der Waals surface area contributed by atoms with E-state index in [9.17, 15) is 18.0 Å². The van der Waals surface area contributed by atoms with Gasteiger partial charge in [-0.15, -0.1) is 0 Å². The highest BCUT2D eigenvalue weighted by Crippen LogP contribution is 2.26. The van der Waals surface area contributed by atoms with Gasteiger partial charge in [-0.25, -0.2) is 4.31 Å². The molecule has 2 aromatic rings. The summed E-state index contributed by atoms with van der Waals surface area (Å²) in [6.45, 7) is 10.4. The number of benzene rings is 2. The van der Waals surface area contributed by atoms with Gasteiger partial charge in [-0.1, -0.05) is 41.9 Å². The van der Waals surface area contributed by atoms with Gasteiger partial charge in [-0.05, 0) is 70.4 Å². The zero-order chi connectivity index (χ0) is 27.4. The molecule has 0 unspecified atom stereocenters. The lowest BCUT2D eigenvalue weighted by molar-refractivity contribution is -0.140. The van der Waals surface area contributed by atoms with E-state index in [0.29, 0.717) is 21.8 Å². The number of anilines is 1. The third kappa shape index (κ3) is 7.44. The number of nitrogens with one attached hydrogen (secondary N) is 1. The maximum atomic E-state index is 13.8. The zero-order valence-electron chi connectivity index (χ0n) is 22.3. The number of hydrogen-bond donors (Lipinski definition) is 1. The van der Waals surface area contributed by atoms with Crippen molar-refractivity contribution in [3.63, 3.8) is 0 Å². The van der Waals surface area contributed by atoms with Gasteiger partial charge in [0.2, 0.25) is 11.8 Å². The van der Waals surface area contributed by atoms with Crippen LogP contribution in [-0.2, 0) is 26.3 Å². The highest BCUT2D eigenvalue weighted by molar-refractivity contribution is 7.90. The van der Waals surface area contributed by atoms with Gasteiger partial charge in [0.05, 0.1) is 5.69 Å². The highest BCUT2D eigenvalue weighted by atomic mass is 35.5. The zero-order valence-corrected chi connectivity index (χ0v) is 23.9. The van der Waals surface area contributed by atoms with Crippen LogP contribution in [0.2, 0.25) is 5.02 Å². The monoisotopic (exact) mass is 536 g/mol. The molecule has 1 N–H and O–H groups in total. The van der Waals surface area contributed by atoms with Crippen molar-refractivity contribution in [2.75, 3.05) is 24.9 Å². The number of hydrogen-bond acceptors (Lipinski definition) is 4. The van der Waals surface area contributed by atoms with Crippen molar-refractivity contribution in [2.24, 2.45) is 0 Å². The predicted octanol–water partition coefficient (Wildman–Crippen LogP) is 3.90. The summed E-state index contributed by atoms with van der Waals surface area (Å²) >= 11 is 6.37. The summed E-state index contributed by atoms with van der Waals surface area (Å²) in [5.74, 6) is -0.880. The molecule has 0 spiro atoms. The molecule has 1 atom stereocenters. The highest BCUT2D eigenvalue weighted by Gasteiger charge is 2.34. The molecule has 8 nitrogen and oxygen atoms in total. The SMILES string of the molecule is Cc1ccc(C)c(N(CC(=O)N(Cc2ccccc2Cl)[C@@H](C)C(=O)NC(C)(C)C)S(=O)(=O)N(C)C)c1. The lowest BCUT2D eigenvalue weighted by atomic mass is 10.1. The summed E-state index contributed by atoms with van der Waals surface area (Å²) in [6.07, 6.45) is 0.